The lowest BCUT2D eigenvalue weighted by Crippen LogP contribution is -2.32. The van der Waals surface area contributed by atoms with E-state index < -0.39 is 0 Å². The highest BCUT2D eigenvalue weighted by molar-refractivity contribution is 5.88. The Balaban J connectivity index is 5.08. The van der Waals surface area contributed by atoms with E-state index in [1.165, 1.54) is 0 Å². The van der Waals surface area contributed by atoms with Gasteiger partial charge in [0.1, 0.15) is 0 Å². The third kappa shape index (κ3) is 4.66. The summed E-state index contributed by atoms with van der Waals surface area (Å²) < 4.78 is 0. The first kappa shape index (κ1) is 16.4. The fourth-order valence-electron chi connectivity index (χ4n) is 2.78. The van der Waals surface area contributed by atoms with Gasteiger partial charge < -0.3 is 0 Å². The average molecular weight is 242 g/mol. The zero-order valence-electron chi connectivity index (χ0n) is 12.3. The van der Waals surface area contributed by atoms with E-state index in [2.05, 4.69) is 46.6 Å². The third-order valence-corrected chi connectivity index (χ3v) is 3.96. The van der Waals surface area contributed by atoms with Crippen molar-refractivity contribution < 1.29 is 5.21 Å². The van der Waals surface area contributed by atoms with E-state index in [1.807, 2.05) is 5.59 Å². The Morgan fingerprint density at radius 3 is 1.94 bits per heavy atom. The lowest BCUT2D eigenvalue weighted by Gasteiger charge is -2.31. The highest BCUT2D eigenvalue weighted by Gasteiger charge is 2.28. The minimum Gasteiger partial charge on any atom is -0.274 e. The van der Waals surface area contributed by atoms with Crippen molar-refractivity contribution in [2.45, 2.75) is 60.8 Å². The van der Waals surface area contributed by atoms with Crippen LogP contribution in [0.4, 0.5) is 0 Å². The van der Waals surface area contributed by atoms with Crippen molar-refractivity contribution in [1.82, 2.24) is 5.59 Å². The normalized spacial score (nSPS) is 18.0. The number of hydrazone groups is 1. The highest BCUT2D eigenvalue weighted by Crippen LogP contribution is 2.31. The summed E-state index contributed by atoms with van der Waals surface area (Å²) in [5.41, 5.74) is 3.13. The smallest absolute Gasteiger partial charge is 0.0464 e. The van der Waals surface area contributed by atoms with Crippen LogP contribution in [0, 0.1) is 23.7 Å². The molecular weight excluding hydrogens is 212 g/mol. The molecule has 0 aromatic carbocycles. The molecule has 0 aliphatic carbocycles. The molecule has 0 rings (SSSR count). The van der Waals surface area contributed by atoms with Crippen LogP contribution in [0.1, 0.15) is 60.8 Å². The van der Waals surface area contributed by atoms with Crippen LogP contribution in [0.25, 0.3) is 0 Å². The minimum atomic E-state index is 0.424. The third-order valence-electron chi connectivity index (χ3n) is 3.96. The predicted molar refractivity (Wildman–Crippen MR) is 74.2 cm³/mol. The molecule has 0 aromatic rings. The van der Waals surface area contributed by atoms with Crippen molar-refractivity contribution in [3.63, 3.8) is 0 Å². The SMILES string of the molecule is CCC(C)C(=NNO)C(CC)C(CC)C(C)C. The molecule has 0 aliphatic rings. The Morgan fingerprint density at radius 2 is 1.65 bits per heavy atom. The lowest BCUT2D eigenvalue weighted by atomic mass is 9.74. The molecule has 0 radical (unpaired) electrons. The van der Waals surface area contributed by atoms with E-state index in [0.717, 1.165) is 25.0 Å². The van der Waals surface area contributed by atoms with Gasteiger partial charge in [0, 0.05) is 11.6 Å². The molecule has 2 N–H and O–H groups in total. The monoisotopic (exact) mass is 242 g/mol. The quantitative estimate of drug-likeness (QED) is 0.497. The van der Waals surface area contributed by atoms with Crippen LogP contribution < -0.4 is 5.59 Å². The maximum atomic E-state index is 8.88. The first-order valence-corrected chi connectivity index (χ1v) is 6.99. The lowest BCUT2D eigenvalue weighted by molar-refractivity contribution is 0.168. The van der Waals surface area contributed by atoms with Gasteiger partial charge in [-0.1, -0.05) is 48.0 Å². The molecule has 0 saturated carbocycles. The average Bonchev–Trinajstić information content (AvgIpc) is 2.32. The van der Waals surface area contributed by atoms with E-state index in [1.54, 1.807) is 0 Å². The van der Waals surface area contributed by atoms with Crippen molar-refractivity contribution in [3.8, 4) is 0 Å². The van der Waals surface area contributed by atoms with Crippen LogP contribution in [0.15, 0.2) is 5.10 Å². The number of nitrogens with one attached hydrogen (secondary N) is 1. The zero-order valence-corrected chi connectivity index (χ0v) is 12.3. The van der Waals surface area contributed by atoms with Gasteiger partial charge in [-0.3, -0.25) is 5.21 Å². The van der Waals surface area contributed by atoms with Gasteiger partial charge in [-0.05, 0) is 30.6 Å². The molecule has 3 atom stereocenters. The molecule has 3 heteroatoms. The molecule has 0 bridgehead atoms. The highest BCUT2D eigenvalue weighted by atomic mass is 16.5. The fraction of sp³-hybridized carbons (Fsp3) is 0.929. The minimum absolute atomic E-state index is 0.424. The number of nitrogens with zero attached hydrogens (tertiary/aromatic N) is 1. The van der Waals surface area contributed by atoms with Crippen LogP contribution in [0.5, 0.6) is 0 Å². The molecule has 102 valence electrons. The summed E-state index contributed by atoms with van der Waals surface area (Å²) in [6.45, 7) is 13.4. The molecule has 0 spiro atoms. The second-order valence-corrected chi connectivity index (χ2v) is 5.28. The summed E-state index contributed by atoms with van der Waals surface area (Å²) in [6.07, 6.45) is 3.31. The molecule has 3 nitrogen and oxygen atoms in total. The van der Waals surface area contributed by atoms with E-state index in [-0.39, 0.29) is 0 Å². The molecular formula is C14H30N2O. The van der Waals surface area contributed by atoms with Gasteiger partial charge in [0.15, 0.2) is 0 Å². The van der Waals surface area contributed by atoms with Gasteiger partial charge in [-0.25, -0.2) is 0 Å². The Hall–Kier alpha value is -0.570. The second-order valence-electron chi connectivity index (χ2n) is 5.28. The first-order valence-electron chi connectivity index (χ1n) is 6.99. The molecule has 0 aliphatic heterocycles. The zero-order chi connectivity index (χ0) is 13.4. The Morgan fingerprint density at radius 1 is 1.06 bits per heavy atom. The second kappa shape index (κ2) is 8.51. The van der Waals surface area contributed by atoms with Gasteiger partial charge in [-0.2, -0.15) is 10.7 Å². The summed E-state index contributed by atoms with van der Waals surface area (Å²) in [6, 6.07) is 0. The largest absolute Gasteiger partial charge is 0.274 e. The maximum absolute atomic E-state index is 8.88. The van der Waals surface area contributed by atoms with E-state index >= 15 is 0 Å². The summed E-state index contributed by atoms with van der Waals surface area (Å²) >= 11 is 0. The van der Waals surface area contributed by atoms with Crippen LogP contribution in [-0.2, 0) is 0 Å². The van der Waals surface area contributed by atoms with E-state index in [4.69, 9.17) is 5.21 Å². The molecule has 0 saturated heterocycles. The molecule has 0 fully saturated rings. The summed E-state index contributed by atoms with van der Waals surface area (Å²) in [4.78, 5) is 0. The van der Waals surface area contributed by atoms with E-state index in [0.29, 0.717) is 23.7 Å². The van der Waals surface area contributed by atoms with Crippen LogP contribution in [0.2, 0.25) is 0 Å². The molecule has 3 unspecified atom stereocenters. The predicted octanol–water partition coefficient (Wildman–Crippen LogP) is 4.08. The summed E-state index contributed by atoms with van der Waals surface area (Å²) in [5.74, 6) is 2.18. The van der Waals surface area contributed by atoms with Crippen LogP contribution in [0.3, 0.4) is 0 Å². The number of hydrogen-bond acceptors (Lipinski definition) is 3. The molecule has 0 aromatic heterocycles. The fourth-order valence-corrected chi connectivity index (χ4v) is 2.78. The number of hydrogen-bond donors (Lipinski definition) is 2. The Labute approximate surface area is 107 Å². The number of rotatable bonds is 8. The van der Waals surface area contributed by atoms with Crippen molar-refractivity contribution in [1.29, 1.82) is 0 Å². The summed E-state index contributed by atoms with van der Waals surface area (Å²) in [7, 11) is 0. The Kier molecular flexibility index (Phi) is 8.23. The van der Waals surface area contributed by atoms with Crippen molar-refractivity contribution in [2.75, 3.05) is 0 Å². The first-order chi connectivity index (χ1) is 8.03. The van der Waals surface area contributed by atoms with Gasteiger partial charge in [0.2, 0.25) is 0 Å². The van der Waals surface area contributed by atoms with Crippen molar-refractivity contribution >= 4 is 5.71 Å². The van der Waals surface area contributed by atoms with Gasteiger partial charge >= 0.3 is 0 Å². The molecule has 0 amide bonds. The molecule has 0 heterocycles. The van der Waals surface area contributed by atoms with Crippen molar-refractivity contribution in [2.24, 2.45) is 28.8 Å². The maximum Gasteiger partial charge on any atom is 0.0464 e. The van der Waals surface area contributed by atoms with Gasteiger partial charge in [-0.15, -0.1) is 0 Å². The standard InChI is InChI=1S/C14H30N2O/c1-7-11(6)14(15-16-17)13(9-3)12(8-2)10(4)5/h10-13,16-17H,7-9H2,1-6H3. The molecule has 17 heavy (non-hydrogen) atoms. The Bertz CT molecular complexity index is 226. The van der Waals surface area contributed by atoms with E-state index in [9.17, 15) is 0 Å². The van der Waals surface area contributed by atoms with Gasteiger partial charge in [0.05, 0.1) is 0 Å². The summed E-state index contributed by atoms with van der Waals surface area (Å²) in [5, 5.41) is 13.0. The van der Waals surface area contributed by atoms with Crippen LogP contribution >= 0.6 is 0 Å². The van der Waals surface area contributed by atoms with Crippen molar-refractivity contribution in [3.05, 3.63) is 0 Å². The van der Waals surface area contributed by atoms with Crippen LogP contribution in [-0.4, -0.2) is 10.9 Å². The topological polar surface area (TPSA) is 44.6 Å². The van der Waals surface area contributed by atoms with Gasteiger partial charge in [0.25, 0.3) is 0 Å².